The lowest BCUT2D eigenvalue weighted by atomic mass is 9.80. The molecule has 0 amide bonds. The van der Waals surface area contributed by atoms with Gasteiger partial charge in [0.15, 0.2) is 0 Å². The van der Waals surface area contributed by atoms with Crippen molar-refractivity contribution in [2.24, 2.45) is 11.8 Å². The zero-order valence-corrected chi connectivity index (χ0v) is 11.5. The normalized spacial score (nSPS) is 26.9. The zero-order valence-electron chi connectivity index (χ0n) is 11.5. The molecule has 2 unspecified atom stereocenters. The minimum atomic E-state index is -0.938. The van der Waals surface area contributed by atoms with Gasteiger partial charge in [-0.3, -0.25) is 0 Å². The van der Waals surface area contributed by atoms with E-state index in [0.29, 0.717) is 29.3 Å². The van der Waals surface area contributed by atoms with E-state index in [9.17, 15) is 9.90 Å². The number of para-hydroxylation sites is 1. The van der Waals surface area contributed by atoms with E-state index in [1.807, 2.05) is 0 Å². The van der Waals surface area contributed by atoms with Crippen molar-refractivity contribution >= 4 is 17.3 Å². The van der Waals surface area contributed by atoms with Crippen molar-refractivity contribution in [1.29, 1.82) is 0 Å². The third kappa shape index (κ3) is 3.19. The summed E-state index contributed by atoms with van der Waals surface area (Å²) in [6.45, 7) is 4.49. The van der Waals surface area contributed by atoms with E-state index < -0.39 is 5.97 Å². The predicted octanol–water partition coefficient (Wildman–Crippen LogP) is 3.20. The molecule has 1 aromatic carbocycles. The van der Waals surface area contributed by atoms with Gasteiger partial charge in [-0.25, -0.2) is 4.79 Å². The Morgan fingerprint density at radius 1 is 1.26 bits per heavy atom. The summed E-state index contributed by atoms with van der Waals surface area (Å²) >= 11 is 0. The van der Waals surface area contributed by atoms with Gasteiger partial charge in [-0.05, 0) is 43.2 Å². The summed E-state index contributed by atoms with van der Waals surface area (Å²) in [5.74, 6) is 0.394. The molecule has 0 saturated heterocycles. The average Bonchev–Trinajstić information content (AvgIpc) is 2.30. The second-order valence-electron chi connectivity index (χ2n) is 5.83. The number of rotatable bonds is 3. The lowest BCUT2D eigenvalue weighted by Crippen LogP contribution is -2.31. The Labute approximate surface area is 114 Å². The first-order valence-electron chi connectivity index (χ1n) is 6.85. The van der Waals surface area contributed by atoms with Gasteiger partial charge < -0.3 is 16.2 Å². The molecule has 104 valence electrons. The van der Waals surface area contributed by atoms with E-state index in [1.54, 1.807) is 18.2 Å². The van der Waals surface area contributed by atoms with Crippen molar-refractivity contribution in [3.63, 3.8) is 0 Å². The zero-order chi connectivity index (χ0) is 14.0. The van der Waals surface area contributed by atoms with Gasteiger partial charge in [-0.1, -0.05) is 19.9 Å². The SMILES string of the molecule is CC1CC(C)CC(Nc2c(N)cccc2C(=O)O)C1. The van der Waals surface area contributed by atoms with Crippen LogP contribution in [0.5, 0.6) is 0 Å². The van der Waals surface area contributed by atoms with E-state index in [0.717, 1.165) is 12.8 Å². The largest absolute Gasteiger partial charge is 0.478 e. The molecule has 1 aliphatic rings. The first-order valence-corrected chi connectivity index (χ1v) is 6.85. The Morgan fingerprint density at radius 2 is 1.89 bits per heavy atom. The van der Waals surface area contributed by atoms with Crippen LogP contribution in [-0.2, 0) is 0 Å². The van der Waals surface area contributed by atoms with Crippen molar-refractivity contribution in [2.75, 3.05) is 11.1 Å². The predicted molar refractivity (Wildman–Crippen MR) is 77.4 cm³/mol. The lowest BCUT2D eigenvalue weighted by Gasteiger charge is -2.33. The molecular formula is C15H22N2O2. The highest BCUT2D eigenvalue weighted by Crippen LogP contribution is 2.33. The summed E-state index contributed by atoms with van der Waals surface area (Å²) in [4.78, 5) is 11.2. The summed E-state index contributed by atoms with van der Waals surface area (Å²) in [7, 11) is 0. The van der Waals surface area contributed by atoms with Gasteiger partial charge in [-0.15, -0.1) is 0 Å². The van der Waals surface area contributed by atoms with Gasteiger partial charge in [0, 0.05) is 6.04 Å². The van der Waals surface area contributed by atoms with Gasteiger partial charge in [0.2, 0.25) is 0 Å². The Bertz CT molecular complexity index is 463. The number of nitrogens with two attached hydrogens (primary N) is 1. The number of aromatic carboxylic acids is 1. The molecule has 2 rings (SSSR count). The maximum absolute atomic E-state index is 11.2. The molecular weight excluding hydrogens is 240 g/mol. The molecule has 4 heteroatoms. The summed E-state index contributed by atoms with van der Waals surface area (Å²) in [6.07, 6.45) is 3.38. The number of nitrogens with one attached hydrogen (secondary N) is 1. The van der Waals surface area contributed by atoms with Crippen LogP contribution in [0, 0.1) is 11.8 Å². The van der Waals surface area contributed by atoms with Crippen LogP contribution in [0.4, 0.5) is 11.4 Å². The van der Waals surface area contributed by atoms with Gasteiger partial charge in [0.25, 0.3) is 0 Å². The number of hydrogen-bond donors (Lipinski definition) is 3. The molecule has 0 aromatic heterocycles. The van der Waals surface area contributed by atoms with Gasteiger partial charge in [0.1, 0.15) is 0 Å². The maximum atomic E-state index is 11.2. The Hall–Kier alpha value is -1.71. The quantitative estimate of drug-likeness (QED) is 0.731. The lowest BCUT2D eigenvalue weighted by molar-refractivity contribution is 0.0698. The molecule has 2 atom stereocenters. The van der Waals surface area contributed by atoms with Crippen LogP contribution in [0.1, 0.15) is 43.5 Å². The molecule has 1 aromatic rings. The molecule has 1 saturated carbocycles. The molecule has 0 heterocycles. The molecule has 4 N–H and O–H groups in total. The molecule has 0 radical (unpaired) electrons. The second kappa shape index (κ2) is 5.51. The summed E-state index contributed by atoms with van der Waals surface area (Å²) in [5.41, 5.74) is 7.25. The Balaban J connectivity index is 2.21. The van der Waals surface area contributed by atoms with Crippen LogP contribution in [0.25, 0.3) is 0 Å². The fourth-order valence-electron chi connectivity index (χ4n) is 3.18. The standard InChI is InChI=1S/C15H22N2O2/c1-9-6-10(2)8-11(7-9)17-14-12(15(18)19)4-3-5-13(14)16/h3-5,9-11,17H,6-8,16H2,1-2H3,(H,18,19). The van der Waals surface area contributed by atoms with E-state index in [1.165, 1.54) is 6.42 Å². The number of nitrogen functional groups attached to an aromatic ring is 1. The highest BCUT2D eigenvalue weighted by atomic mass is 16.4. The van der Waals surface area contributed by atoms with Gasteiger partial charge >= 0.3 is 5.97 Å². The van der Waals surface area contributed by atoms with E-state index >= 15 is 0 Å². The number of carboxylic acid groups (broad SMARTS) is 1. The highest BCUT2D eigenvalue weighted by molar-refractivity contribution is 5.97. The Kier molecular flexibility index (Phi) is 3.98. The van der Waals surface area contributed by atoms with Crippen LogP contribution >= 0.6 is 0 Å². The second-order valence-corrected chi connectivity index (χ2v) is 5.83. The van der Waals surface area contributed by atoms with Crippen LogP contribution in [-0.4, -0.2) is 17.1 Å². The molecule has 0 aliphatic heterocycles. The summed E-state index contributed by atoms with van der Waals surface area (Å²) in [5, 5.41) is 12.6. The first-order chi connectivity index (χ1) is 8.97. The summed E-state index contributed by atoms with van der Waals surface area (Å²) < 4.78 is 0. The number of carboxylic acids is 1. The monoisotopic (exact) mass is 262 g/mol. The minimum absolute atomic E-state index is 0.255. The van der Waals surface area contributed by atoms with Crippen molar-refractivity contribution in [3.05, 3.63) is 23.8 Å². The third-order valence-corrected chi connectivity index (χ3v) is 3.85. The fourth-order valence-corrected chi connectivity index (χ4v) is 3.18. The smallest absolute Gasteiger partial charge is 0.337 e. The minimum Gasteiger partial charge on any atom is -0.478 e. The molecule has 0 bridgehead atoms. The molecule has 19 heavy (non-hydrogen) atoms. The van der Waals surface area contributed by atoms with Gasteiger partial charge in [-0.2, -0.15) is 0 Å². The molecule has 0 spiro atoms. The number of carbonyl (C=O) groups is 1. The highest BCUT2D eigenvalue weighted by Gasteiger charge is 2.25. The summed E-state index contributed by atoms with van der Waals surface area (Å²) in [6, 6.07) is 5.32. The van der Waals surface area contributed by atoms with Crippen LogP contribution in [0.2, 0.25) is 0 Å². The first kappa shape index (κ1) is 13.7. The van der Waals surface area contributed by atoms with Gasteiger partial charge in [0.05, 0.1) is 16.9 Å². The average molecular weight is 262 g/mol. The molecule has 4 nitrogen and oxygen atoms in total. The van der Waals surface area contributed by atoms with Crippen molar-refractivity contribution in [1.82, 2.24) is 0 Å². The van der Waals surface area contributed by atoms with Crippen molar-refractivity contribution in [2.45, 2.75) is 39.2 Å². The van der Waals surface area contributed by atoms with Crippen LogP contribution in [0.3, 0.4) is 0 Å². The number of anilines is 2. The van der Waals surface area contributed by atoms with E-state index in [4.69, 9.17) is 5.73 Å². The van der Waals surface area contributed by atoms with E-state index in [2.05, 4.69) is 19.2 Å². The van der Waals surface area contributed by atoms with Crippen molar-refractivity contribution < 1.29 is 9.90 Å². The Morgan fingerprint density at radius 3 is 2.47 bits per heavy atom. The topological polar surface area (TPSA) is 75.3 Å². The maximum Gasteiger partial charge on any atom is 0.337 e. The third-order valence-electron chi connectivity index (χ3n) is 3.85. The number of benzene rings is 1. The van der Waals surface area contributed by atoms with E-state index in [-0.39, 0.29) is 5.56 Å². The fraction of sp³-hybridized carbons (Fsp3) is 0.533. The molecule has 1 aliphatic carbocycles. The molecule has 1 fully saturated rings. The van der Waals surface area contributed by atoms with Crippen LogP contribution < -0.4 is 11.1 Å². The number of hydrogen-bond acceptors (Lipinski definition) is 3. The van der Waals surface area contributed by atoms with Crippen molar-refractivity contribution in [3.8, 4) is 0 Å². The van der Waals surface area contributed by atoms with Crippen LogP contribution in [0.15, 0.2) is 18.2 Å².